The van der Waals surface area contributed by atoms with Crippen molar-refractivity contribution in [1.82, 2.24) is 0 Å². The quantitative estimate of drug-likeness (QED) is 0.885. The second-order valence-corrected chi connectivity index (χ2v) is 3.51. The van der Waals surface area contributed by atoms with Crippen molar-refractivity contribution < 1.29 is 17.6 Å². The molecule has 0 aromatic carbocycles. The first-order valence-electron chi connectivity index (χ1n) is 3.45. The van der Waals surface area contributed by atoms with Crippen LogP contribution in [0.1, 0.15) is 18.2 Å². The maximum Gasteiger partial charge on any atom is 0.391 e. The van der Waals surface area contributed by atoms with Gasteiger partial charge in [0, 0.05) is 0 Å². The number of alkyl halides is 3. The molecule has 0 aliphatic heterocycles. The lowest BCUT2D eigenvalue weighted by molar-refractivity contribution is -0.139. The summed E-state index contributed by atoms with van der Waals surface area (Å²) in [6.45, 7) is 0. The third kappa shape index (κ3) is 3.40. The van der Waals surface area contributed by atoms with E-state index >= 15 is 0 Å². The molecule has 2 nitrogen and oxygen atoms in total. The van der Waals surface area contributed by atoms with Crippen LogP contribution in [-0.4, -0.2) is 6.18 Å². The minimum atomic E-state index is -4.27. The largest absolute Gasteiger partial charge is 0.466 e. The Morgan fingerprint density at radius 2 is 2.15 bits per heavy atom. The van der Waals surface area contributed by atoms with Gasteiger partial charge in [0.2, 0.25) is 0 Å². The second-order valence-electron chi connectivity index (χ2n) is 2.59. The monoisotopic (exact) mass is 257 g/mol. The molecule has 74 valence electrons. The number of nitrogens with two attached hydrogens (primary N) is 1. The highest BCUT2D eigenvalue weighted by atomic mass is 79.9. The summed E-state index contributed by atoms with van der Waals surface area (Å²) in [6.07, 6.45) is -4.04. The van der Waals surface area contributed by atoms with Crippen LogP contribution in [0.2, 0.25) is 0 Å². The fourth-order valence-corrected chi connectivity index (χ4v) is 1.19. The van der Waals surface area contributed by atoms with Gasteiger partial charge < -0.3 is 10.2 Å². The third-order valence-corrected chi connectivity index (χ3v) is 1.82. The lowest BCUT2D eigenvalue weighted by Gasteiger charge is -2.10. The minimum Gasteiger partial charge on any atom is -0.466 e. The van der Waals surface area contributed by atoms with Gasteiger partial charge in [0.15, 0.2) is 0 Å². The first-order chi connectivity index (χ1) is 5.88. The molecular weight excluding hydrogens is 251 g/mol. The van der Waals surface area contributed by atoms with Crippen LogP contribution in [0.15, 0.2) is 21.2 Å². The van der Waals surface area contributed by atoms with Crippen LogP contribution in [0.4, 0.5) is 13.2 Å². The van der Waals surface area contributed by atoms with Crippen LogP contribution in [0.25, 0.3) is 0 Å². The molecule has 1 aromatic rings. The zero-order valence-corrected chi connectivity index (χ0v) is 8.02. The van der Waals surface area contributed by atoms with Crippen molar-refractivity contribution in [2.45, 2.75) is 18.6 Å². The van der Waals surface area contributed by atoms with E-state index in [2.05, 4.69) is 15.9 Å². The summed E-state index contributed by atoms with van der Waals surface area (Å²) in [5, 5.41) is 0. The summed E-state index contributed by atoms with van der Waals surface area (Å²) in [7, 11) is 0. The highest BCUT2D eigenvalue weighted by Crippen LogP contribution is 2.29. The standard InChI is InChI=1S/C7H7BrF3NO/c8-4-1-6(13-3-4)5(12)2-7(9,10)11/h1,3,5H,2,12H2/t5-/m0/s1. The van der Waals surface area contributed by atoms with Crippen LogP contribution in [0.5, 0.6) is 0 Å². The Morgan fingerprint density at radius 1 is 1.54 bits per heavy atom. The fraction of sp³-hybridized carbons (Fsp3) is 0.429. The molecule has 13 heavy (non-hydrogen) atoms. The van der Waals surface area contributed by atoms with Crippen molar-refractivity contribution in [1.29, 1.82) is 0 Å². The smallest absolute Gasteiger partial charge is 0.391 e. The van der Waals surface area contributed by atoms with E-state index < -0.39 is 18.6 Å². The molecule has 1 heterocycles. The number of hydrogen-bond donors (Lipinski definition) is 1. The van der Waals surface area contributed by atoms with Gasteiger partial charge in [-0.25, -0.2) is 0 Å². The van der Waals surface area contributed by atoms with Crippen molar-refractivity contribution in [2.24, 2.45) is 5.73 Å². The van der Waals surface area contributed by atoms with E-state index in [0.717, 1.165) is 0 Å². The molecule has 0 amide bonds. The van der Waals surface area contributed by atoms with Gasteiger partial charge in [-0.1, -0.05) is 0 Å². The van der Waals surface area contributed by atoms with Crippen molar-refractivity contribution in [3.63, 3.8) is 0 Å². The Kier molecular flexibility index (Phi) is 3.02. The Morgan fingerprint density at radius 3 is 2.54 bits per heavy atom. The van der Waals surface area contributed by atoms with E-state index in [1.807, 2.05) is 0 Å². The Hall–Kier alpha value is -0.490. The van der Waals surface area contributed by atoms with Crippen LogP contribution in [-0.2, 0) is 0 Å². The Bertz CT molecular complexity index is 284. The van der Waals surface area contributed by atoms with E-state index in [0.29, 0.717) is 4.47 Å². The van der Waals surface area contributed by atoms with E-state index in [1.54, 1.807) is 0 Å². The van der Waals surface area contributed by atoms with Gasteiger partial charge in [-0.2, -0.15) is 13.2 Å². The van der Waals surface area contributed by atoms with Crippen LogP contribution < -0.4 is 5.73 Å². The van der Waals surface area contributed by atoms with Crippen molar-refractivity contribution in [3.8, 4) is 0 Å². The number of furan rings is 1. The highest BCUT2D eigenvalue weighted by Gasteiger charge is 2.32. The molecule has 0 bridgehead atoms. The van der Waals surface area contributed by atoms with Gasteiger partial charge in [0.1, 0.15) is 12.0 Å². The van der Waals surface area contributed by atoms with E-state index in [9.17, 15) is 13.2 Å². The summed E-state index contributed by atoms with van der Waals surface area (Å²) in [5.74, 6) is 0.129. The molecule has 0 saturated heterocycles. The molecule has 0 spiro atoms. The number of hydrogen-bond acceptors (Lipinski definition) is 2. The molecule has 1 rings (SSSR count). The first-order valence-corrected chi connectivity index (χ1v) is 4.24. The lowest BCUT2D eigenvalue weighted by Crippen LogP contribution is -2.19. The minimum absolute atomic E-state index is 0.129. The van der Waals surface area contributed by atoms with Gasteiger partial charge >= 0.3 is 6.18 Å². The maximum atomic E-state index is 11.9. The highest BCUT2D eigenvalue weighted by molar-refractivity contribution is 9.10. The Balaban J connectivity index is 2.64. The normalized spacial score (nSPS) is 14.5. The summed E-state index contributed by atoms with van der Waals surface area (Å²) >= 11 is 3.05. The SMILES string of the molecule is N[C@@H](CC(F)(F)F)c1cc(Br)co1. The molecule has 0 aliphatic rings. The predicted molar refractivity (Wildman–Crippen MR) is 44.0 cm³/mol. The average Bonchev–Trinajstić information content (AvgIpc) is 2.31. The van der Waals surface area contributed by atoms with Crippen LogP contribution in [0, 0.1) is 0 Å². The number of rotatable bonds is 2. The molecule has 0 radical (unpaired) electrons. The van der Waals surface area contributed by atoms with Gasteiger partial charge in [0.05, 0.1) is 16.9 Å². The first kappa shape index (κ1) is 10.6. The van der Waals surface area contributed by atoms with Crippen LogP contribution >= 0.6 is 15.9 Å². The van der Waals surface area contributed by atoms with Gasteiger partial charge in [-0.15, -0.1) is 0 Å². The Labute approximate surface area is 81.0 Å². The molecule has 0 aliphatic carbocycles. The lowest BCUT2D eigenvalue weighted by atomic mass is 10.2. The third-order valence-electron chi connectivity index (χ3n) is 1.40. The van der Waals surface area contributed by atoms with Gasteiger partial charge in [-0.05, 0) is 22.0 Å². The average molecular weight is 258 g/mol. The molecule has 6 heteroatoms. The molecule has 0 fully saturated rings. The molecule has 1 aromatic heterocycles. The zero-order valence-electron chi connectivity index (χ0n) is 6.44. The zero-order chi connectivity index (χ0) is 10.1. The maximum absolute atomic E-state index is 11.9. The van der Waals surface area contributed by atoms with E-state index in [1.165, 1.54) is 12.3 Å². The molecule has 1 atom stereocenters. The van der Waals surface area contributed by atoms with Crippen molar-refractivity contribution in [2.75, 3.05) is 0 Å². The summed E-state index contributed by atoms with van der Waals surface area (Å²) in [6, 6.07) is 0.294. The predicted octanol–water partition coefficient (Wildman–Crippen LogP) is 2.99. The van der Waals surface area contributed by atoms with E-state index in [4.69, 9.17) is 10.2 Å². The van der Waals surface area contributed by atoms with Gasteiger partial charge in [0.25, 0.3) is 0 Å². The molecule has 0 saturated carbocycles. The van der Waals surface area contributed by atoms with Crippen molar-refractivity contribution in [3.05, 3.63) is 22.6 Å². The second kappa shape index (κ2) is 3.71. The summed E-state index contributed by atoms with van der Waals surface area (Å²) < 4.78 is 41.0. The van der Waals surface area contributed by atoms with Crippen LogP contribution in [0.3, 0.4) is 0 Å². The molecule has 0 unspecified atom stereocenters. The van der Waals surface area contributed by atoms with Crippen molar-refractivity contribution >= 4 is 15.9 Å². The van der Waals surface area contributed by atoms with E-state index in [-0.39, 0.29) is 5.76 Å². The summed E-state index contributed by atoms with van der Waals surface area (Å²) in [5.41, 5.74) is 5.26. The topological polar surface area (TPSA) is 39.2 Å². The number of halogens is 4. The fourth-order valence-electron chi connectivity index (χ4n) is 0.873. The molecule has 2 N–H and O–H groups in total. The summed E-state index contributed by atoms with van der Waals surface area (Å²) in [4.78, 5) is 0. The van der Waals surface area contributed by atoms with Gasteiger partial charge in [-0.3, -0.25) is 0 Å². The molecular formula is C7H7BrF3NO.